The van der Waals surface area contributed by atoms with Crippen LogP contribution in [0.5, 0.6) is 5.88 Å². The highest BCUT2D eigenvalue weighted by molar-refractivity contribution is 7.91. The van der Waals surface area contributed by atoms with Crippen LogP contribution in [0.25, 0.3) is 17.0 Å². The van der Waals surface area contributed by atoms with Gasteiger partial charge in [-0.25, -0.2) is 18.4 Å². The molecule has 3 rings (SSSR count). The second-order valence-corrected chi connectivity index (χ2v) is 10.3. The third-order valence-corrected chi connectivity index (χ3v) is 7.02. The maximum absolute atomic E-state index is 13.2. The molecule has 0 saturated carbocycles. The van der Waals surface area contributed by atoms with E-state index in [1.165, 1.54) is 42.2 Å². The number of alkyl halides is 5. The zero-order valence-corrected chi connectivity index (χ0v) is 19.6. The van der Waals surface area contributed by atoms with Gasteiger partial charge in [0.2, 0.25) is 5.88 Å². The smallest absolute Gasteiger partial charge is 0.453 e. The zero-order valence-electron chi connectivity index (χ0n) is 18.8. The van der Waals surface area contributed by atoms with Gasteiger partial charge in [0.25, 0.3) is 0 Å². The van der Waals surface area contributed by atoms with E-state index in [9.17, 15) is 35.6 Å². The van der Waals surface area contributed by atoms with Gasteiger partial charge in [-0.1, -0.05) is 6.92 Å². The number of rotatable bonds is 8. The predicted molar refractivity (Wildman–Crippen MR) is 114 cm³/mol. The van der Waals surface area contributed by atoms with Crippen LogP contribution in [0.1, 0.15) is 32.8 Å². The average Bonchev–Trinajstić information content (AvgIpc) is 3.22. The molecule has 0 aliphatic heterocycles. The van der Waals surface area contributed by atoms with E-state index in [0.717, 1.165) is 0 Å². The molecular formula is C21H20F5N5O3S. The highest BCUT2D eigenvalue weighted by atomic mass is 32.2. The van der Waals surface area contributed by atoms with Gasteiger partial charge in [0.15, 0.2) is 15.7 Å². The van der Waals surface area contributed by atoms with Gasteiger partial charge in [-0.2, -0.15) is 27.2 Å². The monoisotopic (exact) mass is 517 g/mol. The van der Waals surface area contributed by atoms with Gasteiger partial charge < -0.3 is 4.74 Å². The molecule has 0 N–H and O–H groups in total. The SMILES string of the molecule is CCS(=O)(=O)c1cc(C(C)(C)C#N)cnc1-c1ncc2c(OCCC(F)(F)C(F)(F)F)nccn12. The lowest BCUT2D eigenvalue weighted by Crippen LogP contribution is -2.37. The minimum absolute atomic E-state index is 0.0369. The van der Waals surface area contributed by atoms with Crippen molar-refractivity contribution in [2.75, 3.05) is 12.4 Å². The predicted octanol–water partition coefficient (Wildman–Crippen LogP) is 4.35. The lowest BCUT2D eigenvalue weighted by Gasteiger charge is -2.19. The van der Waals surface area contributed by atoms with Gasteiger partial charge in [0.05, 0.1) is 41.4 Å². The summed E-state index contributed by atoms with van der Waals surface area (Å²) < 4.78 is 95.6. The molecule has 14 heteroatoms. The number of hydrogen-bond donors (Lipinski definition) is 0. The molecule has 8 nitrogen and oxygen atoms in total. The second kappa shape index (κ2) is 9.03. The first-order chi connectivity index (χ1) is 16.1. The molecule has 188 valence electrons. The Morgan fingerprint density at radius 3 is 2.40 bits per heavy atom. The second-order valence-electron chi connectivity index (χ2n) is 8.08. The van der Waals surface area contributed by atoms with Gasteiger partial charge in [0, 0.05) is 18.6 Å². The summed E-state index contributed by atoms with van der Waals surface area (Å²) in [7, 11) is -3.83. The van der Waals surface area contributed by atoms with Crippen molar-refractivity contribution in [1.29, 1.82) is 5.26 Å². The van der Waals surface area contributed by atoms with Gasteiger partial charge in [-0.15, -0.1) is 0 Å². The topological polar surface area (TPSA) is 110 Å². The van der Waals surface area contributed by atoms with Gasteiger partial charge >= 0.3 is 12.1 Å². The Hall–Kier alpha value is -3.34. The Morgan fingerprint density at radius 1 is 1.11 bits per heavy atom. The van der Waals surface area contributed by atoms with Gasteiger partial charge in [-0.3, -0.25) is 9.38 Å². The molecule has 3 heterocycles. The molecule has 0 fully saturated rings. The van der Waals surface area contributed by atoms with Crippen LogP contribution >= 0.6 is 0 Å². The fraction of sp³-hybridized carbons (Fsp3) is 0.429. The van der Waals surface area contributed by atoms with E-state index >= 15 is 0 Å². The number of imidazole rings is 1. The molecule has 0 saturated heterocycles. The number of sulfone groups is 1. The molecule has 35 heavy (non-hydrogen) atoms. The first-order valence-corrected chi connectivity index (χ1v) is 11.8. The van der Waals surface area contributed by atoms with Gasteiger partial charge in [-0.05, 0) is 25.5 Å². The first kappa shape index (κ1) is 26.3. The fourth-order valence-electron chi connectivity index (χ4n) is 3.02. The van der Waals surface area contributed by atoms with Crippen molar-refractivity contribution in [3.63, 3.8) is 0 Å². The summed E-state index contributed by atoms with van der Waals surface area (Å²) in [6, 6.07) is 3.43. The molecule has 3 aromatic heterocycles. The van der Waals surface area contributed by atoms with Crippen molar-refractivity contribution >= 4 is 15.4 Å². The van der Waals surface area contributed by atoms with Crippen LogP contribution in [0.4, 0.5) is 22.0 Å². The van der Waals surface area contributed by atoms with E-state index in [4.69, 9.17) is 4.74 Å². The van der Waals surface area contributed by atoms with E-state index in [1.54, 1.807) is 13.8 Å². The lowest BCUT2D eigenvalue weighted by molar-refractivity contribution is -0.285. The number of fused-ring (bicyclic) bond motifs is 1. The Labute approximate surface area is 197 Å². The molecule has 3 aromatic rings. The van der Waals surface area contributed by atoms with Crippen molar-refractivity contribution in [2.45, 2.75) is 49.6 Å². The normalized spacial score (nSPS) is 13.1. The molecule has 0 aliphatic rings. The molecule has 0 radical (unpaired) electrons. The fourth-order valence-corrected chi connectivity index (χ4v) is 4.08. The van der Waals surface area contributed by atoms with Crippen molar-refractivity contribution in [2.24, 2.45) is 0 Å². The van der Waals surface area contributed by atoms with Crippen molar-refractivity contribution in [3.8, 4) is 23.5 Å². The number of halogens is 5. The number of aromatic nitrogens is 4. The zero-order chi connectivity index (χ0) is 26.2. The number of nitriles is 1. The maximum atomic E-state index is 13.2. The van der Waals surface area contributed by atoms with Crippen molar-refractivity contribution in [1.82, 2.24) is 19.4 Å². The number of ether oxygens (including phenoxy) is 1. The summed E-state index contributed by atoms with van der Waals surface area (Å²) in [5, 5.41) is 9.42. The van der Waals surface area contributed by atoms with E-state index in [0.29, 0.717) is 5.56 Å². The molecule has 0 aliphatic carbocycles. The Balaban J connectivity index is 2.05. The maximum Gasteiger partial charge on any atom is 0.453 e. The number of nitrogens with zero attached hydrogens (tertiary/aromatic N) is 5. The molecule has 0 spiro atoms. The quantitative estimate of drug-likeness (QED) is 0.409. The molecule has 0 aromatic carbocycles. The van der Waals surface area contributed by atoms with Crippen LogP contribution in [0.3, 0.4) is 0 Å². The minimum Gasteiger partial charge on any atom is -0.476 e. The Morgan fingerprint density at radius 2 is 1.80 bits per heavy atom. The highest BCUT2D eigenvalue weighted by Gasteiger charge is 2.56. The van der Waals surface area contributed by atoms with Crippen LogP contribution < -0.4 is 4.74 Å². The van der Waals surface area contributed by atoms with Crippen LogP contribution in [0, 0.1) is 11.3 Å². The summed E-state index contributed by atoms with van der Waals surface area (Å²) in [6.07, 6.45) is -2.19. The molecule has 0 unspecified atom stereocenters. The first-order valence-electron chi connectivity index (χ1n) is 10.2. The van der Waals surface area contributed by atoms with Crippen LogP contribution in [-0.4, -0.2) is 52.2 Å². The lowest BCUT2D eigenvalue weighted by atomic mass is 9.87. The van der Waals surface area contributed by atoms with Crippen molar-refractivity contribution < 1.29 is 35.1 Å². The summed E-state index contributed by atoms with van der Waals surface area (Å²) in [5.41, 5.74) is -0.597. The third kappa shape index (κ3) is 5.04. The highest BCUT2D eigenvalue weighted by Crippen LogP contribution is 2.38. The summed E-state index contributed by atoms with van der Waals surface area (Å²) in [5.74, 6) is -5.42. The molecular weight excluding hydrogens is 497 g/mol. The van der Waals surface area contributed by atoms with Crippen LogP contribution in [0.15, 0.2) is 35.7 Å². The number of hydrogen-bond acceptors (Lipinski definition) is 7. The van der Waals surface area contributed by atoms with E-state index in [1.807, 2.05) is 0 Å². The summed E-state index contributed by atoms with van der Waals surface area (Å²) >= 11 is 0. The largest absolute Gasteiger partial charge is 0.476 e. The van der Waals surface area contributed by atoms with Gasteiger partial charge in [0.1, 0.15) is 11.2 Å². The van der Waals surface area contributed by atoms with E-state index < -0.39 is 40.4 Å². The molecule has 0 bridgehead atoms. The van der Waals surface area contributed by atoms with Crippen LogP contribution in [-0.2, 0) is 15.3 Å². The molecule has 0 atom stereocenters. The van der Waals surface area contributed by atoms with E-state index in [2.05, 4.69) is 21.0 Å². The summed E-state index contributed by atoms with van der Waals surface area (Å²) in [6.45, 7) is 3.67. The summed E-state index contributed by atoms with van der Waals surface area (Å²) in [4.78, 5) is 12.1. The molecule has 0 amide bonds. The third-order valence-electron chi connectivity index (χ3n) is 5.27. The Kier molecular flexibility index (Phi) is 6.78. The minimum atomic E-state index is -5.71. The van der Waals surface area contributed by atoms with Crippen LogP contribution in [0.2, 0.25) is 0 Å². The number of pyridine rings is 1. The van der Waals surface area contributed by atoms with Crippen molar-refractivity contribution in [3.05, 3.63) is 36.4 Å². The Bertz CT molecular complexity index is 1390. The standard InChI is InChI=1S/C21H20F5N5O3S/c1-4-35(32,33)15-9-13(19(2,3)12-27)10-29-16(15)17-30-11-14-18(28-6-7-31(14)17)34-8-5-20(22,23)21(24,25)26/h6-7,9-11H,4-5,8H2,1-3H3. The average molecular weight is 517 g/mol. The van der Waals surface area contributed by atoms with E-state index in [-0.39, 0.29) is 33.6 Å².